The fourth-order valence-electron chi connectivity index (χ4n) is 4.49. The monoisotopic (exact) mass is 443 g/mol. The summed E-state index contributed by atoms with van der Waals surface area (Å²) in [6.07, 6.45) is 6.99. The maximum atomic E-state index is 12.9. The lowest BCUT2D eigenvalue weighted by Crippen LogP contribution is -2.45. The van der Waals surface area contributed by atoms with Crippen LogP contribution in [-0.4, -0.2) is 34.7 Å². The maximum Gasteiger partial charge on any atom is 0.251 e. The first-order valence-corrected chi connectivity index (χ1v) is 11.9. The quantitative estimate of drug-likeness (QED) is 0.532. The van der Waals surface area contributed by atoms with Crippen LogP contribution >= 0.6 is 0 Å². The van der Waals surface area contributed by atoms with E-state index in [1.807, 2.05) is 48.8 Å². The van der Waals surface area contributed by atoms with Crippen molar-refractivity contribution in [2.45, 2.75) is 58.2 Å². The molecule has 0 spiro atoms. The number of aliphatic hydroxyl groups is 1. The van der Waals surface area contributed by atoms with Crippen molar-refractivity contribution in [2.24, 2.45) is 0 Å². The molecule has 0 unspecified atom stereocenters. The fourth-order valence-corrected chi connectivity index (χ4v) is 4.49. The Kier molecular flexibility index (Phi) is 7.40. The molecule has 1 aromatic heterocycles. The summed E-state index contributed by atoms with van der Waals surface area (Å²) in [5.41, 5.74) is 6.18. The molecule has 3 aromatic rings. The van der Waals surface area contributed by atoms with Crippen molar-refractivity contribution in [3.63, 3.8) is 0 Å². The van der Waals surface area contributed by atoms with Gasteiger partial charge in [-0.1, -0.05) is 49.2 Å². The highest BCUT2D eigenvalue weighted by Gasteiger charge is 2.25. The third-order valence-electron chi connectivity index (χ3n) is 6.60. The number of aromatic nitrogens is 1. The highest BCUT2D eigenvalue weighted by molar-refractivity contribution is 5.94. The highest BCUT2D eigenvalue weighted by Crippen LogP contribution is 2.25. The number of carbonyl (C=O) groups excluding carboxylic acids is 1. The molecule has 0 radical (unpaired) electrons. The zero-order valence-corrected chi connectivity index (χ0v) is 19.5. The van der Waals surface area contributed by atoms with Gasteiger partial charge in [0, 0.05) is 30.4 Å². The van der Waals surface area contributed by atoms with Crippen molar-refractivity contribution < 1.29 is 9.90 Å². The van der Waals surface area contributed by atoms with E-state index in [2.05, 4.69) is 47.2 Å². The minimum absolute atomic E-state index is 0.113. The van der Waals surface area contributed by atoms with Crippen LogP contribution in [0.2, 0.25) is 0 Å². The minimum atomic E-state index is -0.451. The van der Waals surface area contributed by atoms with Gasteiger partial charge in [-0.3, -0.25) is 9.78 Å². The number of amides is 1. The molecule has 0 bridgehead atoms. The van der Waals surface area contributed by atoms with Crippen LogP contribution in [0.15, 0.2) is 67.0 Å². The number of carbonyl (C=O) groups is 1. The summed E-state index contributed by atoms with van der Waals surface area (Å²) in [7, 11) is 0. The van der Waals surface area contributed by atoms with E-state index >= 15 is 0 Å². The van der Waals surface area contributed by atoms with Crippen molar-refractivity contribution in [3.8, 4) is 11.1 Å². The Morgan fingerprint density at radius 1 is 1.06 bits per heavy atom. The Hall–Kier alpha value is -3.18. The number of aryl methyl sites for hydroxylation is 1. The van der Waals surface area contributed by atoms with E-state index in [0.29, 0.717) is 12.1 Å². The molecule has 4 rings (SSSR count). The number of hydrogen-bond donors (Lipinski definition) is 2. The van der Waals surface area contributed by atoms with Gasteiger partial charge in [-0.15, -0.1) is 0 Å². The summed E-state index contributed by atoms with van der Waals surface area (Å²) in [5, 5.41) is 13.3. The molecule has 2 aromatic carbocycles. The van der Waals surface area contributed by atoms with Gasteiger partial charge in [-0.2, -0.15) is 0 Å². The lowest BCUT2D eigenvalue weighted by atomic mass is 9.92. The van der Waals surface area contributed by atoms with E-state index in [1.54, 1.807) is 0 Å². The van der Waals surface area contributed by atoms with Crippen LogP contribution in [0.4, 0.5) is 5.69 Å². The topological polar surface area (TPSA) is 65.5 Å². The van der Waals surface area contributed by atoms with E-state index in [-0.39, 0.29) is 11.9 Å². The first kappa shape index (κ1) is 23.0. The molecule has 5 heteroatoms. The molecule has 1 fully saturated rings. The van der Waals surface area contributed by atoms with Gasteiger partial charge in [0.05, 0.1) is 24.0 Å². The van der Waals surface area contributed by atoms with Crippen LogP contribution in [-0.2, 0) is 6.54 Å². The molecule has 0 saturated heterocycles. The number of pyridine rings is 1. The third-order valence-corrected chi connectivity index (χ3v) is 6.60. The summed E-state index contributed by atoms with van der Waals surface area (Å²) in [6.45, 7) is 5.72. The largest absolute Gasteiger partial charge is 0.391 e. The molecule has 1 heterocycles. The van der Waals surface area contributed by atoms with Crippen LogP contribution in [0, 0.1) is 6.92 Å². The molecule has 1 aliphatic carbocycles. The summed E-state index contributed by atoms with van der Waals surface area (Å²) in [5.74, 6) is -0.113. The van der Waals surface area contributed by atoms with E-state index in [9.17, 15) is 9.90 Å². The lowest BCUT2D eigenvalue weighted by molar-refractivity contribution is 0.0717. The number of nitrogens with zero attached hydrogens (tertiary/aromatic N) is 2. The first-order chi connectivity index (χ1) is 16.0. The summed E-state index contributed by atoms with van der Waals surface area (Å²) < 4.78 is 0. The Morgan fingerprint density at radius 3 is 2.61 bits per heavy atom. The molecule has 5 nitrogen and oxygen atoms in total. The molecule has 0 aliphatic heterocycles. The minimum Gasteiger partial charge on any atom is -0.391 e. The molecule has 1 aliphatic rings. The Morgan fingerprint density at radius 2 is 1.85 bits per heavy atom. The van der Waals surface area contributed by atoms with Crippen LogP contribution in [0.3, 0.4) is 0 Å². The molecule has 1 amide bonds. The van der Waals surface area contributed by atoms with Crippen molar-refractivity contribution >= 4 is 11.6 Å². The van der Waals surface area contributed by atoms with Crippen LogP contribution in [0.5, 0.6) is 0 Å². The van der Waals surface area contributed by atoms with Gasteiger partial charge in [0.1, 0.15) is 0 Å². The van der Waals surface area contributed by atoms with Crippen LogP contribution < -0.4 is 10.2 Å². The van der Waals surface area contributed by atoms with Crippen molar-refractivity contribution in [3.05, 3.63) is 83.7 Å². The van der Waals surface area contributed by atoms with Gasteiger partial charge in [-0.05, 0) is 61.6 Å². The molecular formula is C28H33N3O2. The van der Waals surface area contributed by atoms with Gasteiger partial charge in [0.15, 0.2) is 0 Å². The third kappa shape index (κ3) is 5.60. The standard InChI is InChI=1S/C28H33N3O2/c1-3-31(25-16-23(17-29-18-25)21-9-5-4-6-10-21)19-24-15-22(14-13-20(24)2)28(33)30-26-11-7-8-12-27(26)32/h4-6,9-10,13-18,26-27,32H,3,7-8,11-12,19H2,1-2H3,(H,30,33)/t26-,27-/m0/s1. The number of anilines is 1. The molecule has 172 valence electrons. The van der Waals surface area contributed by atoms with E-state index < -0.39 is 6.10 Å². The number of rotatable bonds is 7. The predicted molar refractivity (Wildman–Crippen MR) is 133 cm³/mol. The summed E-state index contributed by atoms with van der Waals surface area (Å²) in [6, 6.07) is 18.1. The van der Waals surface area contributed by atoms with Gasteiger partial charge < -0.3 is 15.3 Å². The van der Waals surface area contributed by atoms with Gasteiger partial charge in [0.2, 0.25) is 0 Å². The number of nitrogens with one attached hydrogen (secondary N) is 1. The van der Waals surface area contributed by atoms with Crippen molar-refractivity contribution in [1.82, 2.24) is 10.3 Å². The molecular weight excluding hydrogens is 410 g/mol. The Balaban J connectivity index is 1.52. The first-order valence-electron chi connectivity index (χ1n) is 11.9. The molecule has 33 heavy (non-hydrogen) atoms. The second-order valence-corrected chi connectivity index (χ2v) is 8.89. The van der Waals surface area contributed by atoms with Crippen molar-refractivity contribution in [1.29, 1.82) is 0 Å². The fraction of sp³-hybridized carbons (Fsp3) is 0.357. The second-order valence-electron chi connectivity index (χ2n) is 8.89. The normalized spacial score (nSPS) is 18.0. The average Bonchev–Trinajstić information content (AvgIpc) is 2.85. The highest BCUT2D eigenvalue weighted by atomic mass is 16.3. The van der Waals surface area contributed by atoms with Gasteiger partial charge >= 0.3 is 0 Å². The molecule has 2 atom stereocenters. The number of aliphatic hydroxyl groups excluding tert-OH is 1. The van der Waals surface area contributed by atoms with E-state index in [4.69, 9.17) is 0 Å². The lowest BCUT2D eigenvalue weighted by Gasteiger charge is -2.28. The van der Waals surface area contributed by atoms with Crippen LogP contribution in [0.25, 0.3) is 11.1 Å². The predicted octanol–water partition coefficient (Wildman–Crippen LogP) is 5.12. The van der Waals surface area contributed by atoms with Crippen molar-refractivity contribution in [2.75, 3.05) is 11.4 Å². The zero-order chi connectivity index (χ0) is 23.2. The smallest absolute Gasteiger partial charge is 0.251 e. The second kappa shape index (κ2) is 10.6. The average molecular weight is 444 g/mol. The summed E-state index contributed by atoms with van der Waals surface area (Å²) >= 11 is 0. The molecule has 2 N–H and O–H groups in total. The summed E-state index contributed by atoms with van der Waals surface area (Å²) in [4.78, 5) is 19.7. The number of benzene rings is 2. The Labute approximate surface area is 196 Å². The SMILES string of the molecule is CCN(Cc1cc(C(=O)N[C@H]2CCCC[C@@H]2O)ccc1C)c1cncc(-c2ccccc2)c1. The molecule has 1 saturated carbocycles. The maximum absolute atomic E-state index is 12.9. The van der Waals surface area contributed by atoms with Gasteiger partial charge in [0.25, 0.3) is 5.91 Å². The van der Waals surface area contributed by atoms with E-state index in [0.717, 1.165) is 60.2 Å². The zero-order valence-electron chi connectivity index (χ0n) is 19.5. The van der Waals surface area contributed by atoms with Crippen LogP contribution in [0.1, 0.15) is 54.1 Å². The van der Waals surface area contributed by atoms with Gasteiger partial charge in [-0.25, -0.2) is 0 Å². The van der Waals surface area contributed by atoms with E-state index in [1.165, 1.54) is 0 Å². The Bertz CT molecular complexity index is 1080. The number of hydrogen-bond acceptors (Lipinski definition) is 4.